The second-order valence-electron chi connectivity index (χ2n) is 4.47. The zero-order chi connectivity index (χ0) is 16.3. The van der Waals surface area contributed by atoms with E-state index >= 15 is 0 Å². The van der Waals surface area contributed by atoms with E-state index in [-0.39, 0.29) is 17.1 Å². The second kappa shape index (κ2) is 6.77. The van der Waals surface area contributed by atoms with Gasteiger partial charge in [-0.3, -0.25) is 9.59 Å². The van der Waals surface area contributed by atoms with Crippen LogP contribution in [0.3, 0.4) is 0 Å². The summed E-state index contributed by atoms with van der Waals surface area (Å²) in [7, 11) is 0. The van der Waals surface area contributed by atoms with Crippen LogP contribution in [0.5, 0.6) is 0 Å². The van der Waals surface area contributed by atoms with Crippen molar-refractivity contribution in [3.05, 3.63) is 57.8 Å². The number of nitrogens with one attached hydrogen (secondary N) is 1. The standard InChI is InChI=1S/C15H11Cl2FN2O2/c16-12-4-1-8(5-13(12)17)11-6-9(18)2-3-10(11)15(22)20-7-14(19)21/h1-6H,7H2,(H2,19,21)(H,20,22). The van der Waals surface area contributed by atoms with E-state index in [0.717, 1.165) is 6.07 Å². The maximum Gasteiger partial charge on any atom is 0.252 e. The van der Waals surface area contributed by atoms with Gasteiger partial charge < -0.3 is 11.1 Å². The van der Waals surface area contributed by atoms with Gasteiger partial charge in [0.2, 0.25) is 5.91 Å². The predicted octanol–water partition coefficient (Wildman–Crippen LogP) is 3.01. The van der Waals surface area contributed by atoms with Crippen LogP contribution in [0.25, 0.3) is 11.1 Å². The van der Waals surface area contributed by atoms with Crippen LogP contribution < -0.4 is 11.1 Å². The van der Waals surface area contributed by atoms with Gasteiger partial charge in [-0.1, -0.05) is 29.3 Å². The molecule has 2 aromatic rings. The van der Waals surface area contributed by atoms with Crippen LogP contribution in [0.1, 0.15) is 10.4 Å². The lowest BCUT2D eigenvalue weighted by atomic mass is 9.99. The van der Waals surface area contributed by atoms with E-state index in [1.807, 2.05) is 0 Å². The van der Waals surface area contributed by atoms with Crippen molar-refractivity contribution < 1.29 is 14.0 Å². The van der Waals surface area contributed by atoms with Crippen molar-refractivity contribution in [2.45, 2.75) is 0 Å². The molecule has 0 aromatic heterocycles. The van der Waals surface area contributed by atoms with Crippen molar-refractivity contribution in [1.29, 1.82) is 0 Å². The van der Waals surface area contributed by atoms with Crippen LogP contribution in [0.4, 0.5) is 4.39 Å². The molecular formula is C15H11Cl2FN2O2. The summed E-state index contributed by atoms with van der Waals surface area (Å²) >= 11 is 11.8. The molecule has 0 radical (unpaired) electrons. The Labute approximate surface area is 136 Å². The van der Waals surface area contributed by atoms with E-state index in [0.29, 0.717) is 16.1 Å². The van der Waals surface area contributed by atoms with Crippen molar-refractivity contribution >= 4 is 35.0 Å². The SMILES string of the molecule is NC(=O)CNC(=O)c1ccc(F)cc1-c1ccc(Cl)c(Cl)c1. The molecule has 2 rings (SSSR count). The summed E-state index contributed by atoms with van der Waals surface area (Å²) in [5.74, 6) is -1.72. The summed E-state index contributed by atoms with van der Waals surface area (Å²) in [4.78, 5) is 22.8. The Hall–Kier alpha value is -2.11. The maximum absolute atomic E-state index is 13.5. The second-order valence-corrected chi connectivity index (χ2v) is 5.28. The minimum atomic E-state index is -0.674. The monoisotopic (exact) mass is 340 g/mol. The van der Waals surface area contributed by atoms with Crippen molar-refractivity contribution in [3.63, 3.8) is 0 Å². The van der Waals surface area contributed by atoms with Crippen LogP contribution in [0.15, 0.2) is 36.4 Å². The van der Waals surface area contributed by atoms with Gasteiger partial charge >= 0.3 is 0 Å². The third kappa shape index (κ3) is 3.75. The van der Waals surface area contributed by atoms with Crippen LogP contribution in [-0.2, 0) is 4.79 Å². The number of rotatable bonds is 4. The fourth-order valence-electron chi connectivity index (χ4n) is 1.88. The number of amides is 2. The van der Waals surface area contributed by atoms with Crippen molar-refractivity contribution in [1.82, 2.24) is 5.32 Å². The molecule has 114 valence electrons. The van der Waals surface area contributed by atoms with Gasteiger partial charge in [0.25, 0.3) is 5.91 Å². The zero-order valence-corrected chi connectivity index (χ0v) is 12.7. The molecule has 2 aromatic carbocycles. The smallest absolute Gasteiger partial charge is 0.252 e. The molecule has 0 bridgehead atoms. The summed E-state index contributed by atoms with van der Waals surface area (Å²) in [5.41, 5.74) is 6.04. The van der Waals surface area contributed by atoms with E-state index in [2.05, 4.69) is 5.32 Å². The first kappa shape index (κ1) is 16.3. The molecule has 0 aliphatic heterocycles. The zero-order valence-electron chi connectivity index (χ0n) is 11.2. The van der Waals surface area contributed by atoms with Gasteiger partial charge in [-0.15, -0.1) is 0 Å². The van der Waals surface area contributed by atoms with Crippen LogP contribution in [0.2, 0.25) is 10.0 Å². The molecule has 0 unspecified atom stereocenters. The number of benzene rings is 2. The molecule has 3 N–H and O–H groups in total. The molecule has 0 aliphatic rings. The Balaban J connectivity index is 2.45. The van der Waals surface area contributed by atoms with Crippen LogP contribution in [0, 0.1) is 5.82 Å². The van der Waals surface area contributed by atoms with Crippen molar-refractivity contribution in [2.75, 3.05) is 6.54 Å². The molecule has 7 heteroatoms. The molecule has 22 heavy (non-hydrogen) atoms. The number of hydrogen-bond acceptors (Lipinski definition) is 2. The van der Waals surface area contributed by atoms with Gasteiger partial charge in [0.05, 0.1) is 16.6 Å². The fourth-order valence-corrected chi connectivity index (χ4v) is 2.18. The topological polar surface area (TPSA) is 72.2 Å². The van der Waals surface area contributed by atoms with E-state index < -0.39 is 17.6 Å². The molecule has 4 nitrogen and oxygen atoms in total. The number of primary amides is 1. The largest absolute Gasteiger partial charge is 0.368 e. The van der Waals surface area contributed by atoms with E-state index in [1.54, 1.807) is 12.1 Å². The van der Waals surface area contributed by atoms with Crippen LogP contribution >= 0.6 is 23.2 Å². The highest BCUT2D eigenvalue weighted by atomic mass is 35.5. The summed E-state index contributed by atoms with van der Waals surface area (Å²) in [6.45, 7) is -0.309. The highest BCUT2D eigenvalue weighted by molar-refractivity contribution is 6.42. The van der Waals surface area contributed by atoms with Crippen LogP contribution in [-0.4, -0.2) is 18.4 Å². The lowest BCUT2D eigenvalue weighted by Crippen LogP contribution is -2.33. The number of hydrogen-bond donors (Lipinski definition) is 2. The molecule has 2 amide bonds. The quantitative estimate of drug-likeness (QED) is 0.897. The molecule has 0 spiro atoms. The first-order valence-electron chi connectivity index (χ1n) is 6.20. The van der Waals surface area contributed by atoms with Gasteiger partial charge in [0.15, 0.2) is 0 Å². The molecule has 0 saturated heterocycles. The molecule has 0 saturated carbocycles. The predicted molar refractivity (Wildman–Crippen MR) is 83.4 cm³/mol. The first-order chi connectivity index (χ1) is 10.4. The van der Waals surface area contributed by atoms with Crippen molar-refractivity contribution in [2.24, 2.45) is 5.73 Å². The molecule has 0 heterocycles. The number of nitrogens with two attached hydrogens (primary N) is 1. The van der Waals surface area contributed by atoms with Gasteiger partial charge in [-0.25, -0.2) is 4.39 Å². The lowest BCUT2D eigenvalue weighted by molar-refractivity contribution is -0.117. The van der Waals surface area contributed by atoms with Gasteiger partial charge in [-0.05, 0) is 41.5 Å². The summed E-state index contributed by atoms with van der Waals surface area (Å²) in [6.07, 6.45) is 0. The lowest BCUT2D eigenvalue weighted by Gasteiger charge is -2.11. The van der Waals surface area contributed by atoms with Crippen molar-refractivity contribution in [3.8, 4) is 11.1 Å². The fraction of sp³-hybridized carbons (Fsp3) is 0.0667. The Bertz CT molecular complexity index is 750. The molecular weight excluding hydrogens is 330 g/mol. The molecule has 0 atom stereocenters. The van der Waals surface area contributed by atoms with Gasteiger partial charge in [-0.2, -0.15) is 0 Å². The summed E-state index contributed by atoms with van der Waals surface area (Å²) in [6, 6.07) is 8.38. The Kier molecular flexibility index (Phi) is 5.00. The highest BCUT2D eigenvalue weighted by Gasteiger charge is 2.15. The number of carbonyl (C=O) groups excluding carboxylic acids is 2. The molecule has 0 aliphatic carbocycles. The Morgan fingerprint density at radius 1 is 1.09 bits per heavy atom. The normalized spacial score (nSPS) is 10.3. The number of carbonyl (C=O) groups is 2. The minimum absolute atomic E-state index is 0.195. The minimum Gasteiger partial charge on any atom is -0.368 e. The Morgan fingerprint density at radius 2 is 1.82 bits per heavy atom. The van der Waals surface area contributed by atoms with E-state index in [4.69, 9.17) is 28.9 Å². The van der Waals surface area contributed by atoms with E-state index in [1.165, 1.54) is 18.2 Å². The third-order valence-electron chi connectivity index (χ3n) is 2.88. The highest BCUT2D eigenvalue weighted by Crippen LogP contribution is 2.31. The summed E-state index contributed by atoms with van der Waals surface area (Å²) < 4.78 is 13.5. The molecule has 0 fully saturated rings. The average Bonchev–Trinajstić information content (AvgIpc) is 2.47. The maximum atomic E-state index is 13.5. The average molecular weight is 341 g/mol. The first-order valence-corrected chi connectivity index (χ1v) is 6.95. The summed E-state index contributed by atoms with van der Waals surface area (Å²) in [5, 5.41) is 2.99. The van der Waals surface area contributed by atoms with Gasteiger partial charge in [0, 0.05) is 5.56 Å². The van der Waals surface area contributed by atoms with Gasteiger partial charge in [0.1, 0.15) is 5.82 Å². The number of halogens is 3. The Morgan fingerprint density at radius 3 is 2.45 bits per heavy atom. The van der Waals surface area contributed by atoms with E-state index in [9.17, 15) is 14.0 Å². The third-order valence-corrected chi connectivity index (χ3v) is 3.62.